The van der Waals surface area contributed by atoms with Gasteiger partial charge in [0.25, 0.3) is 0 Å². The van der Waals surface area contributed by atoms with Gasteiger partial charge in [0.2, 0.25) is 0 Å². The molecule has 2 N–H and O–H groups in total. The first-order chi connectivity index (χ1) is 12.7. The third-order valence-electron chi connectivity index (χ3n) is 4.36. The highest BCUT2D eigenvalue weighted by atomic mass is 16.5. The van der Waals surface area contributed by atoms with Crippen LogP contribution in [0, 0.1) is 0 Å². The number of aliphatic hydroxyl groups is 1. The number of esters is 1. The molecule has 27 heavy (non-hydrogen) atoms. The smallest absolute Gasteiger partial charge is 0.333 e. The van der Waals surface area contributed by atoms with Gasteiger partial charge in [-0.2, -0.15) is 0 Å². The molecule has 0 radical (unpaired) electrons. The van der Waals surface area contributed by atoms with E-state index in [2.05, 4.69) is 20.4 Å². The van der Waals surface area contributed by atoms with Crippen LogP contribution in [-0.4, -0.2) is 35.5 Å². The van der Waals surface area contributed by atoms with Gasteiger partial charge in [-0.1, -0.05) is 44.7 Å². The van der Waals surface area contributed by atoms with Gasteiger partial charge in [0.15, 0.2) is 0 Å². The Morgan fingerprint density at radius 2 is 1.56 bits per heavy atom. The monoisotopic (exact) mass is 370 g/mol. The fraction of sp³-hybridized carbons (Fsp3) is 0.318. The molecule has 0 aliphatic carbocycles. The molecule has 0 heterocycles. The minimum absolute atomic E-state index is 0.0180. The van der Waals surface area contributed by atoms with Crippen LogP contribution in [0.1, 0.15) is 31.9 Å². The Balaban J connectivity index is 1.93. The topological polar surface area (TPSA) is 76.0 Å². The number of ether oxygens (including phenoxy) is 2. The Morgan fingerprint density at radius 1 is 1.04 bits per heavy atom. The van der Waals surface area contributed by atoms with E-state index in [9.17, 15) is 15.0 Å². The summed E-state index contributed by atoms with van der Waals surface area (Å²) in [5, 5.41) is 19.3. The number of carbonyl (C=O) groups excluding carboxylic acids is 1. The summed E-state index contributed by atoms with van der Waals surface area (Å²) in [5.41, 5.74) is 2.23. The molecule has 0 bridgehead atoms. The van der Waals surface area contributed by atoms with Crippen LogP contribution in [0.5, 0.6) is 11.5 Å². The Bertz CT molecular complexity index is 775. The van der Waals surface area contributed by atoms with Crippen LogP contribution in [0.4, 0.5) is 0 Å². The van der Waals surface area contributed by atoms with E-state index < -0.39 is 12.1 Å². The average Bonchev–Trinajstić information content (AvgIpc) is 2.65. The van der Waals surface area contributed by atoms with E-state index in [-0.39, 0.29) is 30.0 Å². The standard InChI is InChI=1S/C22H26O5/c1-15(2)21(25)27-14-19(24)13-26-20-11-7-17(8-12-20)22(3,4)16-5-9-18(23)10-6-16/h5-12,19,23-24H,1,13-14H2,2-4H3. The Hall–Kier alpha value is -2.79. The molecule has 1 atom stereocenters. The second kappa shape index (κ2) is 8.73. The highest BCUT2D eigenvalue weighted by Gasteiger charge is 2.23. The summed E-state index contributed by atoms with van der Waals surface area (Å²) in [6.07, 6.45) is -0.915. The minimum Gasteiger partial charge on any atom is -0.508 e. The number of hydrogen-bond acceptors (Lipinski definition) is 5. The van der Waals surface area contributed by atoms with Gasteiger partial charge >= 0.3 is 5.97 Å². The number of rotatable bonds is 8. The first-order valence-corrected chi connectivity index (χ1v) is 8.73. The summed E-state index contributed by atoms with van der Waals surface area (Å²) in [5.74, 6) is 0.325. The highest BCUT2D eigenvalue weighted by Crippen LogP contribution is 2.33. The van der Waals surface area contributed by atoms with E-state index in [0.29, 0.717) is 5.75 Å². The molecule has 5 nitrogen and oxygen atoms in total. The molecule has 0 amide bonds. The van der Waals surface area contributed by atoms with Crippen LogP contribution >= 0.6 is 0 Å². The van der Waals surface area contributed by atoms with E-state index in [1.54, 1.807) is 19.1 Å². The SMILES string of the molecule is C=C(C)C(=O)OCC(O)COc1ccc(C(C)(C)c2ccc(O)cc2)cc1. The predicted molar refractivity (Wildman–Crippen MR) is 104 cm³/mol. The van der Waals surface area contributed by atoms with Crippen LogP contribution < -0.4 is 4.74 Å². The number of aliphatic hydroxyl groups excluding tert-OH is 1. The van der Waals surface area contributed by atoms with E-state index in [1.165, 1.54) is 0 Å². The minimum atomic E-state index is -0.915. The Morgan fingerprint density at radius 3 is 2.07 bits per heavy atom. The fourth-order valence-electron chi connectivity index (χ4n) is 2.55. The zero-order chi connectivity index (χ0) is 20.0. The number of hydrogen-bond donors (Lipinski definition) is 2. The van der Waals surface area contributed by atoms with Crippen molar-refractivity contribution in [1.82, 2.24) is 0 Å². The Labute approximate surface area is 159 Å². The van der Waals surface area contributed by atoms with Gasteiger partial charge in [0, 0.05) is 11.0 Å². The van der Waals surface area contributed by atoms with Gasteiger partial charge in [-0.3, -0.25) is 0 Å². The third kappa shape index (κ3) is 5.59. The lowest BCUT2D eigenvalue weighted by Gasteiger charge is -2.26. The van der Waals surface area contributed by atoms with Gasteiger partial charge in [-0.15, -0.1) is 0 Å². The maximum atomic E-state index is 11.3. The molecule has 144 valence electrons. The van der Waals surface area contributed by atoms with Gasteiger partial charge in [0.1, 0.15) is 30.8 Å². The Kier molecular flexibility index (Phi) is 6.64. The van der Waals surface area contributed by atoms with E-state index in [0.717, 1.165) is 11.1 Å². The molecule has 0 saturated heterocycles. The summed E-state index contributed by atoms with van der Waals surface area (Å²) in [6, 6.07) is 14.8. The maximum absolute atomic E-state index is 11.3. The second-order valence-corrected chi connectivity index (χ2v) is 7.04. The highest BCUT2D eigenvalue weighted by molar-refractivity contribution is 5.86. The molecule has 0 fully saturated rings. The van der Waals surface area contributed by atoms with Crippen molar-refractivity contribution < 1.29 is 24.5 Å². The lowest BCUT2D eigenvalue weighted by Crippen LogP contribution is -2.25. The number of phenols is 1. The van der Waals surface area contributed by atoms with Crippen molar-refractivity contribution in [3.63, 3.8) is 0 Å². The molecule has 2 rings (SSSR count). The lowest BCUT2D eigenvalue weighted by molar-refractivity contribution is -0.142. The summed E-state index contributed by atoms with van der Waals surface area (Å²) in [6.45, 7) is 9.12. The molecule has 0 aliphatic heterocycles. The van der Waals surface area contributed by atoms with Crippen molar-refractivity contribution in [2.45, 2.75) is 32.3 Å². The summed E-state index contributed by atoms with van der Waals surface area (Å²) in [4.78, 5) is 11.3. The number of aromatic hydroxyl groups is 1. The zero-order valence-corrected chi connectivity index (χ0v) is 15.9. The molecule has 0 aliphatic rings. The van der Waals surface area contributed by atoms with E-state index in [4.69, 9.17) is 9.47 Å². The molecule has 2 aromatic carbocycles. The molecule has 0 spiro atoms. The molecule has 2 aromatic rings. The van der Waals surface area contributed by atoms with Crippen molar-refractivity contribution in [1.29, 1.82) is 0 Å². The van der Waals surface area contributed by atoms with Crippen LogP contribution in [0.15, 0.2) is 60.7 Å². The molecule has 0 aromatic heterocycles. The molecule has 5 heteroatoms. The summed E-state index contributed by atoms with van der Waals surface area (Å²) >= 11 is 0. The number of benzene rings is 2. The predicted octanol–water partition coefficient (Wildman–Crippen LogP) is 3.58. The van der Waals surface area contributed by atoms with Crippen LogP contribution in [0.3, 0.4) is 0 Å². The van der Waals surface area contributed by atoms with Crippen LogP contribution in [-0.2, 0) is 14.9 Å². The third-order valence-corrected chi connectivity index (χ3v) is 4.36. The van der Waals surface area contributed by atoms with Crippen LogP contribution in [0.2, 0.25) is 0 Å². The molecule has 1 unspecified atom stereocenters. The van der Waals surface area contributed by atoms with Gasteiger partial charge < -0.3 is 19.7 Å². The van der Waals surface area contributed by atoms with Gasteiger partial charge in [-0.25, -0.2) is 4.79 Å². The first kappa shape index (κ1) is 20.5. The quantitative estimate of drug-likeness (QED) is 0.549. The van der Waals surface area contributed by atoms with Gasteiger partial charge in [-0.05, 0) is 42.3 Å². The molecular formula is C22H26O5. The summed E-state index contributed by atoms with van der Waals surface area (Å²) in [7, 11) is 0. The van der Waals surface area contributed by atoms with Crippen molar-refractivity contribution in [3.8, 4) is 11.5 Å². The largest absolute Gasteiger partial charge is 0.508 e. The van der Waals surface area contributed by atoms with Crippen LogP contribution in [0.25, 0.3) is 0 Å². The summed E-state index contributed by atoms with van der Waals surface area (Å²) < 4.78 is 10.4. The van der Waals surface area contributed by atoms with E-state index >= 15 is 0 Å². The average molecular weight is 370 g/mol. The lowest BCUT2D eigenvalue weighted by atomic mass is 9.78. The zero-order valence-electron chi connectivity index (χ0n) is 15.9. The number of phenolic OH excluding ortho intramolecular Hbond substituents is 1. The van der Waals surface area contributed by atoms with Crippen molar-refractivity contribution in [3.05, 3.63) is 71.8 Å². The maximum Gasteiger partial charge on any atom is 0.333 e. The first-order valence-electron chi connectivity index (χ1n) is 8.73. The van der Waals surface area contributed by atoms with Crippen molar-refractivity contribution >= 4 is 5.97 Å². The molecular weight excluding hydrogens is 344 g/mol. The molecule has 0 saturated carbocycles. The number of carbonyl (C=O) groups is 1. The van der Waals surface area contributed by atoms with E-state index in [1.807, 2.05) is 36.4 Å². The van der Waals surface area contributed by atoms with Gasteiger partial charge in [0.05, 0.1) is 0 Å². The fourth-order valence-corrected chi connectivity index (χ4v) is 2.55. The normalized spacial score (nSPS) is 12.3. The van der Waals surface area contributed by atoms with Crippen molar-refractivity contribution in [2.75, 3.05) is 13.2 Å². The van der Waals surface area contributed by atoms with Crippen molar-refractivity contribution in [2.24, 2.45) is 0 Å². The second-order valence-electron chi connectivity index (χ2n) is 7.04.